The molecule has 5 rings (SSSR count). The van der Waals surface area contributed by atoms with Crippen LogP contribution in [-0.2, 0) is 6.54 Å². The molecule has 0 amide bonds. The first kappa shape index (κ1) is 22.8. The molecule has 3 aromatic rings. The molecule has 2 aromatic carbocycles. The van der Waals surface area contributed by atoms with E-state index in [1.165, 1.54) is 30.7 Å². The maximum Gasteiger partial charge on any atom is 0.190 e. The summed E-state index contributed by atoms with van der Waals surface area (Å²) in [5.74, 6) is 12.4. The zero-order valence-electron chi connectivity index (χ0n) is 19.5. The van der Waals surface area contributed by atoms with Crippen LogP contribution in [0, 0.1) is 5.82 Å². The molecule has 1 fully saturated rings. The molecule has 1 saturated heterocycles. The second-order valence-corrected chi connectivity index (χ2v) is 8.92. The van der Waals surface area contributed by atoms with Gasteiger partial charge in [-0.05, 0) is 81.5 Å². The number of nitrogens with two attached hydrogens (primary N) is 2. The number of anilines is 2. The highest BCUT2D eigenvalue weighted by Crippen LogP contribution is 2.33. The number of nitrogens with zero attached hydrogens (tertiary/aromatic N) is 5. The van der Waals surface area contributed by atoms with Gasteiger partial charge in [0.15, 0.2) is 5.84 Å². The fourth-order valence-electron chi connectivity index (χ4n) is 4.28. The summed E-state index contributed by atoms with van der Waals surface area (Å²) in [4.78, 5) is 4.41. The summed E-state index contributed by atoms with van der Waals surface area (Å²) in [5, 5.41) is 5.53. The van der Waals surface area contributed by atoms with Gasteiger partial charge in [0.05, 0.1) is 11.4 Å². The minimum atomic E-state index is -0.254. The van der Waals surface area contributed by atoms with Crippen LogP contribution in [0.5, 0.6) is 0 Å². The molecule has 0 unspecified atom stereocenters. The molecule has 0 atom stereocenters. The molecule has 0 saturated carbocycles. The van der Waals surface area contributed by atoms with Crippen LogP contribution >= 0.6 is 0 Å². The van der Waals surface area contributed by atoms with Gasteiger partial charge in [0, 0.05) is 37.1 Å². The highest BCUT2D eigenvalue weighted by molar-refractivity contribution is 6.09. The molecule has 3 heterocycles. The number of hydrogen-bond donors (Lipinski definition) is 2. The van der Waals surface area contributed by atoms with Gasteiger partial charge in [-0.15, -0.1) is 0 Å². The van der Waals surface area contributed by atoms with Crippen molar-refractivity contribution in [3.05, 3.63) is 71.8 Å². The molecule has 8 heteroatoms. The molecule has 1 aromatic heterocycles. The average molecular weight is 450 g/mol. The second-order valence-electron chi connectivity index (χ2n) is 8.92. The normalized spacial score (nSPS) is 16.4. The highest BCUT2D eigenvalue weighted by atomic mass is 19.1. The van der Waals surface area contributed by atoms with Crippen molar-refractivity contribution >= 4 is 17.2 Å². The third-order valence-corrected chi connectivity index (χ3v) is 5.79. The summed E-state index contributed by atoms with van der Waals surface area (Å²) in [6, 6.07) is 14.8. The standard InChI is InChI=1S/C22H23FN6.C3H9N/c23-18-5-3-15(4-6-18)16-12-21-22(26-24)29(25)20-8-7-19(27-9-1-2-10-27)11-17(20)14-28(21)13-16;1-4(2)3/h3-8,11-13H,1-2,9-10,14,24-25H2;1-3H3/b26-22-;. The van der Waals surface area contributed by atoms with E-state index in [1.807, 2.05) is 44.4 Å². The lowest BCUT2D eigenvalue weighted by Gasteiger charge is -2.23. The maximum atomic E-state index is 13.3. The lowest BCUT2D eigenvalue weighted by Crippen LogP contribution is -2.39. The van der Waals surface area contributed by atoms with Gasteiger partial charge in [0.25, 0.3) is 0 Å². The molecule has 33 heavy (non-hydrogen) atoms. The predicted molar refractivity (Wildman–Crippen MR) is 134 cm³/mol. The molecule has 0 aliphatic carbocycles. The Balaban J connectivity index is 0.000000601. The van der Waals surface area contributed by atoms with Crippen LogP contribution in [-0.4, -0.2) is 49.5 Å². The summed E-state index contributed by atoms with van der Waals surface area (Å²) in [5.41, 5.74) is 5.94. The van der Waals surface area contributed by atoms with E-state index in [9.17, 15) is 4.39 Å². The number of hydrogen-bond acceptors (Lipinski definition) is 5. The Hall–Kier alpha value is -3.36. The van der Waals surface area contributed by atoms with Gasteiger partial charge in [-0.25, -0.2) is 10.2 Å². The fourth-order valence-corrected chi connectivity index (χ4v) is 4.28. The van der Waals surface area contributed by atoms with Crippen molar-refractivity contribution in [2.45, 2.75) is 19.4 Å². The molecule has 0 spiro atoms. The lowest BCUT2D eigenvalue weighted by atomic mass is 10.1. The van der Waals surface area contributed by atoms with Crippen LogP contribution in [0.2, 0.25) is 0 Å². The van der Waals surface area contributed by atoms with Gasteiger partial charge < -0.3 is 20.2 Å². The topological polar surface area (TPSA) is 79.0 Å². The van der Waals surface area contributed by atoms with E-state index in [1.54, 1.807) is 17.1 Å². The molecular weight excluding hydrogens is 417 g/mol. The van der Waals surface area contributed by atoms with Crippen molar-refractivity contribution in [1.82, 2.24) is 9.47 Å². The third-order valence-electron chi connectivity index (χ3n) is 5.79. The molecule has 2 aliphatic heterocycles. The van der Waals surface area contributed by atoms with Crippen molar-refractivity contribution in [2.75, 3.05) is 44.1 Å². The molecular formula is C25H32FN7. The van der Waals surface area contributed by atoms with Crippen molar-refractivity contribution in [2.24, 2.45) is 16.8 Å². The van der Waals surface area contributed by atoms with E-state index < -0.39 is 0 Å². The van der Waals surface area contributed by atoms with Crippen molar-refractivity contribution in [1.29, 1.82) is 0 Å². The maximum absolute atomic E-state index is 13.3. The molecule has 0 bridgehead atoms. The van der Waals surface area contributed by atoms with Gasteiger partial charge in [0.1, 0.15) is 5.82 Å². The zero-order valence-corrected chi connectivity index (χ0v) is 19.5. The summed E-state index contributed by atoms with van der Waals surface area (Å²) in [6.07, 6.45) is 4.50. The van der Waals surface area contributed by atoms with Crippen LogP contribution in [0.15, 0.2) is 59.8 Å². The van der Waals surface area contributed by atoms with E-state index in [4.69, 9.17) is 11.7 Å². The number of benzene rings is 2. The Morgan fingerprint density at radius 2 is 1.61 bits per heavy atom. The molecule has 174 valence electrons. The summed E-state index contributed by atoms with van der Waals surface area (Å²) < 4.78 is 15.4. The Bertz CT molecular complexity index is 1130. The third kappa shape index (κ3) is 4.86. The SMILES string of the molecule is CN(C)C.N/N=C1/c2cc(-c3ccc(F)cc3)cn2Cc2cc(N3CCCC3)ccc2N1N. The van der Waals surface area contributed by atoms with Crippen LogP contribution in [0.1, 0.15) is 24.1 Å². The summed E-state index contributed by atoms with van der Waals surface area (Å²) in [7, 11) is 6.00. The van der Waals surface area contributed by atoms with E-state index >= 15 is 0 Å². The minimum absolute atomic E-state index is 0.254. The first-order valence-electron chi connectivity index (χ1n) is 11.2. The average Bonchev–Trinajstić information content (AvgIpc) is 3.44. The van der Waals surface area contributed by atoms with Crippen LogP contribution < -0.4 is 21.6 Å². The monoisotopic (exact) mass is 449 g/mol. The second kappa shape index (κ2) is 9.64. The number of amidine groups is 1. The van der Waals surface area contributed by atoms with Gasteiger partial charge in [-0.2, -0.15) is 5.10 Å². The Morgan fingerprint density at radius 1 is 0.939 bits per heavy atom. The highest BCUT2D eigenvalue weighted by Gasteiger charge is 2.25. The van der Waals surface area contributed by atoms with E-state index in [-0.39, 0.29) is 5.82 Å². The largest absolute Gasteiger partial charge is 0.372 e. The Kier molecular flexibility index (Phi) is 6.67. The van der Waals surface area contributed by atoms with Crippen molar-refractivity contribution < 1.29 is 4.39 Å². The molecule has 7 nitrogen and oxygen atoms in total. The number of aromatic nitrogens is 1. The lowest BCUT2D eigenvalue weighted by molar-refractivity contribution is 0.505. The van der Waals surface area contributed by atoms with E-state index in [0.717, 1.165) is 41.2 Å². The number of halogens is 1. The number of rotatable bonds is 2. The predicted octanol–water partition coefficient (Wildman–Crippen LogP) is 3.43. The first-order valence-corrected chi connectivity index (χ1v) is 11.2. The zero-order chi connectivity index (χ0) is 23.5. The first-order chi connectivity index (χ1) is 15.9. The number of hydrazone groups is 1. The number of fused-ring (bicyclic) bond motifs is 2. The molecule has 4 N–H and O–H groups in total. The van der Waals surface area contributed by atoms with Gasteiger partial charge >= 0.3 is 0 Å². The Labute approximate surface area is 194 Å². The summed E-state index contributed by atoms with van der Waals surface area (Å²) in [6.45, 7) is 2.83. The van der Waals surface area contributed by atoms with E-state index in [2.05, 4.69) is 26.7 Å². The molecule has 0 radical (unpaired) electrons. The van der Waals surface area contributed by atoms with E-state index in [0.29, 0.717) is 12.4 Å². The number of hydrazine groups is 1. The van der Waals surface area contributed by atoms with Crippen LogP contribution in [0.3, 0.4) is 0 Å². The van der Waals surface area contributed by atoms with Crippen molar-refractivity contribution in [3.63, 3.8) is 0 Å². The Morgan fingerprint density at radius 3 is 2.24 bits per heavy atom. The van der Waals surface area contributed by atoms with Gasteiger partial charge in [-0.1, -0.05) is 12.1 Å². The summed E-state index contributed by atoms with van der Waals surface area (Å²) >= 11 is 0. The smallest absolute Gasteiger partial charge is 0.190 e. The molecule has 2 aliphatic rings. The van der Waals surface area contributed by atoms with Crippen LogP contribution in [0.25, 0.3) is 11.1 Å². The van der Waals surface area contributed by atoms with Gasteiger partial charge in [-0.3, -0.25) is 5.01 Å². The quantitative estimate of drug-likeness (QED) is 0.463. The fraction of sp³-hybridized carbons (Fsp3) is 0.320. The minimum Gasteiger partial charge on any atom is -0.372 e. The van der Waals surface area contributed by atoms with Crippen molar-refractivity contribution in [3.8, 4) is 11.1 Å². The van der Waals surface area contributed by atoms with Gasteiger partial charge in [0.2, 0.25) is 0 Å². The van der Waals surface area contributed by atoms with Crippen LogP contribution in [0.4, 0.5) is 15.8 Å².